The number of rotatable bonds is 7. The van der Waals surface area contributed by atoms with E-state index in [9.17, 15) is 9.59 Å². The molecular weight excluding hydrogens is 470 g/mol. The Morgan fingerprint density at radius 1 is 1.14 bits per heavy atom. The Morgan fingerprint density at radius 2 is 1.95 bits per heavy atom. The highest BCUT2D eigenvalue weighted by molar-refractivity contribution is 6.04. The number of benzene rings is 1. The number of hydrogen-bond donors (Lipinski definition) is 1. The van der Waals surface area contributed by atoms with E-state index in [0.717, 1.165) is 27.5 Å². The lowest BCUT2D eigenvalue weighted by molar-refractivity contribution is -0.121. The fourth-order valence-corrected chi connectivity index (χ4v) is 4.52. The van der Waals surface area contributed by atoms with E-state index in [4.69, 9.17) is 4.74 Å². The molecule has 10 nitrogen and oxygen atoms in total. The first-order chi connectivity index (χ1) is 17.8. The number of amides is 1. The highest BCUT2D eigenvalue weighted by Crippen LogP contribution is 2.31. The number of carbonyl (C=O) groups is 1. The second-order valence-corrected chi connectivity index (χ2v) is 9.23. The van der Waals surface area contributed by atoms with Crippen LogP contribution in [0.1, 0.15) is 26.5 Å². The van der Waals surface area contributed by atoms with Crippen molar-refractivity contribution in [3.8, 4) is 22.6 Å². The van der Waals surface area contributed by atoms with E-state index in [1.807, 2.05) is 52.0 Å². The van der Waals surface area contributed by atoms with Crippen molar-refractivity contribution in [2.75, 3.05) is 6.54 Å². The normalized spacial score (nSPS) is 11.5. The number of hydrogen-bond acceptors (Lipinski definition) is 6. The van der Waals surface area contributed by atoms with Crippen molar-refractivity contribution in [1.82, 2.24) is 34.2 Å². The minimum absolute atomic E-state index is 0.0356. The number of likely N-dealkylation sites (N-methyl/N-ethyl adjacent to an activating group) is 1. The summed E-state index contributed by atoms with van der Waals surface area (Å²) in [6, 6.07) is 7.90. The van der Waals surface area contributed by atoms with E-state index in [2.05, 4.69) is 20.4 Å². The van der Waals surface area contributed by atoms with E-state index in [-0.39, 0.29) is 24.2 Å². The molecule has 0 spiro atoms. The van der Waals surface area contributed by atoms with E-state index < -0.39 is 0 Å². The molecule has 1 aromatic carbocycles. The number of pyridine rings is 2. The third kappa shape index (κ3) is 4.46. The van der Waals surface area contributed by atoms with Crippen molar-refractivity contribution in [3.63, 3.8) is 0 Å². The highest BCUT2D eigenvalue weighted by atomic mass is 16.5. The molecule has 190 valence electrons. The monoisotopic (exact) mass is 499 g/mol. The Morgan fingerprint density at radius 3 is 2.70 bits per heavy atom. The Labute approximate surface area is 213 Å². The number of ether oxygens (including phenoxy) is 1. The summed E-state index contributed by atoms with van der Waals surface area (Å²) >= 11 is 0. The van der Waals surface area contributed by atoms with Crippen LogP contribution in [0.5, 0.6) is 5.75 Å². The molecule has 0 radical (unpaired) electrons. The smallest absolute Gasteiger partial charge is 0.333 e. The largest absolute Gasteiger partial charge is 0.489 e. The fraction of sp³-hybridized carbons (Fsp3) is 0.296. The van der Waals surface area contributed by atoms with Gasteiger partial charge in [0.1, 0.15) is 12.3 Å². The van der Waals surface area contributed by atoms with E-state index in [1.54, 1.807) is 45.7 Å². The van der Waals surface area contributed by atoms with Crippen molar-refractivity contribution in [2.45, 2.75) is 40.3 Å². The third-order valence-electron chi connectivity index (χ3n) is 6.14. The summed E-state index contributed by atoms with van der Waals surface area (Å²) in [5.41, 5.74) is 5.04. The van der Waals surface area contributed by atoms with Crippen molar-refractivity contribution < 1.29 is 9.53 Å². The van der Waals surface area contributed by atoms with Crippen LogP contribution in [-0.4, -0.2) is 47.4 Å². The van der Waals surface area contributed by atoms with Crippen LogP contribution >= 0.6 is 0 Å². The first-order valence-electron chi connectivity index (χ1n) is 12.2. The van der Waals surface area contributed by atoms with Crippen LogP contribution in [0.2, 0.25) is 0 Å². The molecule has 4 aromatic heterocycles. The van der Waals surface area contributed by atoms with E-state index >= 15 is 0 Å². The molecule has 5 rings (SSSR count). The van der Waals surface area contributed by atoms with Gasteiger partial charge in [-0.25, -0.2) is 4.79 Å². The van der Waals surface area contributed by atoms with Crippen LogP contribution in [0.3, 0.4) is 0 Å². The Balaban J connectivity index is 1.70. The Kier molecular flexibility index (Phi) is 6.24. The molecule has 0 aliphatic rings. The number of carbonyl (C=O) groups excluding carboxylic acids is 1. The van der Waals surface area contributed by atoms with Gasteiger partial charge >= 0.3 is 5.69 Å². The molecule has 0 aliphatic heterocycles. The average molecular weight is 500 g/mol. The van der Waals surface area contributed by atoms with E-state index in [0.29, 0.717) is 29.2 Å². The van der Waals surface area contributed by atoms with Crippen LogP contribution < -0.4 is 15.7 Å². The van der Waals surface area contributed by atoms with Gasteiger partial charge in [0.2, 0.25) is 5.91 Å². The van der Waals surface area contributed by atoms with Crippen molar-refractivity contribution in [2.24, 2.45) is 7.05 Å². The number of nitrogens with one attached hydrogen (secondary N) is 1. The molecule has 0 unspecified atom stereocenters. The molecule has 10 heteroatoms. The standard InChI is InChI=1S/C27H29N7O3/c1-6-29-25(35)15-33-14-24(17(4)31-33)34-26-21-10-18(19-9-20(12-28-11-19)37-16(2)3)7-8-22(21)30-13-23(26)32(5)27(34)36/h7-14,16H,6,15H2,1-5H3,(H,29,35). The molecule has 4 heterocycles. The SMILES string of the molecule is CCNC(=O)Cn1cc(-n2c(=O)n(C)c3cnc4ccc(-c5cncc(OC(C)C)c5)cc4c32)c(C)n1. The first kappa shape index (κ1) is 24.2. The summed E-state index contributed by atoms with van der Waals surface area (Å²) < 4.78 is 10.6. The number of aromatic nitrogens is 6. The summed E-state index contributed by atoms with van der Waals surface area (Å²) in [6.07, 6.45) is 6.96. The van der Waals surface area contributed by atoms with Crippen LogP contribution in [-0.2, 0) is 18.4 Å². The second-order valence-electron chi connectivity index (χ2n) is 9.23. The maximum Gasteiger partial charge on any atom is 0.333 e. The molecule has 0 fully saturated rings. The zero-order valence-corrected chi connectivity index (χ0v) is 21.5. The van der Waals surface area contributed by atoms with Crippen molar-refractivity contribution in [3.05, 3.63) is 65.2 Å². The lowest BCUT2D eigenvalue weighted by Gasteiger charge is -2.11. The molecule has 0 atom stereocenters. The van der Waals surface area contributed by atoms with E-state index in [1.165, 1.54) is 0 Å². The molecule has 1 amide bonds. The third-order valence-corrected chi connectivity index (χ3v) is 6.14. The van der Waals surface area contributed by atoms with Gasteiger partial charge in [0.15, 0.2) is 0 Å². The predicted octanol–water partition coefficient (Wildman–Crippen LogP) is 3.37. The average Bonchev–Trinajstić information content (AvgIpc) is 3.34. The van der Waals surface area contributed by atoms with Crippen LogP contribution in [0.25, 0.3) is 38.8 Å². The minimum Gasteiger partial charge on any atom is -0.489 e. The Hall–Kier alpha value is -4.47. The lowest BCUT2D eigenvalue weighted by atomic mass is 10.0. The molecule has 5 aromatic rings. The number of aryl methyl sites for hydroxylation is 2. The van der Waals surface area contributed by atoms with Crippen LogP contribution in [0.4, 0.5) is 0 Å². The van der Waals surface area contributed by atoms with Crippen LogP contribution in [0.15, 0.2) is 53.8 Å². The zero-order chi connectivity index (χ0) is 26.3. The molecule has 0 aliphatic carbocycles. The van der Waals surface area contributed by atoms with Gasteiger partial charge < -0.3 is 10.1 Å². The summed E-state index contributed by atoms with van der Waals surface area (Å²) in [6.45, 7) is 8.25. The molecule has 0 saturated carbocycles. The summed E-state index contributed by atoms with van der Waals surface area (Å²) in [4.78, 5) is 34.5. The highest BCUT2D eigenvalue weighted by Gasteiger charge is 2.20. The maximum absolute atomic E-state index is 13.5. The summed E-state index contributed by atoms with van der Waals surface area (Å²) in [5, 5.41) is 8.09. The van der Waals surface area contributed by atoms with Gasteiger partial charge in [-0.3, -0.25) is 28.6 Å². The molecule has 0 saturated heterocycles. The lowest BCUT2D eigenvalue weighted by Crippen LogP contribution is -2.27. The van der Waals surface area contributed by atoms with Gasteiger partial charge in [-0.2, -0.15) is 5.10 Å². The maximum atomic E-state index is 13.5. The first-order valence-corrected chi connectivity index (χ1v) is 12.2. The van der Waals surface area contributed by atoms with Crippen LogP contribution in [0, 0.1) is 6.92 Å². The minimum atomic E-state index is -0.218. The van der Waals surface area contributed by atoms with Crippen molar-refractivity contribution >= 4 is 27.8 Å². The summed E-state index contributed by atoms with van der Waals surface area (Å²) in [5.74, 6) is 0.550. The zero-order valence-electron chi connectivity index (χ0n) is 21.5. The summed E-state index contributed by atoms with van der Waals surface area (Å²) in [7, 11) is 1.73. The predicted molar refractivity (Wildman–Crippen MR) is 142 cm³/mol. The number of imidazole rings is 1. The quantitative estimate of drug-likeness (QED) is 0.368. The van der Waals surface area contributed by atoms with Gasteiger partial charge in [-0.05, 0) is 51.5 Å². The molecule has 0 bridgehead atoms. The van der Waals surface area contributed by atoms with Gasteiger partial charge in [0, 0.05) is 30.7 Å². The molecular formula is C27H29N7O3. The topological polar surface area (TPSA) is 109 Å². The van der Waals surface area contributed by atoms with Gasteiger partial charge in [-0.15, -0.1) is 0 Å². The number of nitrogens with zero attached hydrogens (tertiary/aromatic N) is 6. The Bertz CT molecular complexity index is 1690. The molecule has 37 heavy (non-hydrogen) atoms. The van der Waals surface area contributed by atoms with Crippen molar-refractivity contribution in [1.29, 1.82) is 0 Å². The van der Waals surface area contributed by atoms with Gasteiger partial charge in [-0.1, -0.05) is 6.07 Å². The van der Waals surface area contributed by atoms with Gasteiger partial charge in [0.05, 0.1) is 52.6 Å². The second kappa shape index (κ2) is 9.53. The van der Waals surface area contributed by atoms with Gasteiger partial charge in [0.25, 0.3) is 0 Å². The fourth-order valence-electron chi connectivity index (χ4n) is 4.52. The molecule has 1 N–H and O–H groups in total. The number of fused-ring (bicyclic) bond motifs is 3.